The van der Waals surface area contributed by atoms with Gasteiger partial charge in [0.25, 0.3) is 0 Å². The number of nitrogens with zero attached hydrogens (tertiary/aromatic N) is 1. The van der Waals surface area contributed by atoms with Gasteiger partial charge in [-0.15, -0.1) is 0 Å². The highest BCUT2D eigenvalue weighted by atomic mass is 16.2. The summed E-state index contributed by atoms with van der Waals surface area (Å²) >= 11 is 0. The summed E-state index contributed by atoms with van der Waals surface area (Å²) in [7, 11) is 1.54. The van der Waals surface area contributed by atoms with E-state index >= 15 is 0 Å². The first kappa shape index (κ1) is 9.40. The van der Waals surface area contributed by atoms with Crippen LogP contribution < -0.4 is 5.32 Å². The number of likely N-dealkylation sites (tertiary alicyclic amines) is 1. The molecule has 0 aromatic rings. The summed E-state index contributed by atoms with van der Waals surface area (Å²) in [5.41, 5.74) is 0. The second-order valence-electron chi connectivity index (χ2n) is 3.85. The third-order valence-corrected chi connectivity index (χ3v) is 2.83. The highest BCUT2D eigenvalue weighted by Gasteiger charge is 2.36. The minimum absolute atomic E-state index is 0.0848. The fourth-order valence-electron chi connectivity index (χ4n) is 1.92. The monoisotopic (exact) mass is 194 g/mol. The molecule has 1 aliphatic carbocycles. The molecule has 1 heterocycles. The summed E-state index contributed by atoms with van der Waals surface area (Å²) in [4.78, 5) is 24.0. The van der Waals surface area contributed by atoms with Crippen LogP contribution in [-0.4, -0.2) is 35.8 Å². The molecule has 4 heteroatoms. The van der Waals surface area contributed by atoms with Gasteiger partial charge in [-0.1, -0.05) is 12.2 Å². The van der Waals surface area contributed by atoms with Crippen LogP contribution in [0.1, 0.15) is 19.3 Å². The van der Waals surface area contributed by atoms with E-state index in [9.17, 15) is 9.59 Å². The van der Waals surface area contributed by atoms with Gasteiger partial charge in [0.05, 0.1) is 12.5 Å². The molecular formula is C10H14N2O2. The third-order valence-electron chi connectivity index (χ3n) is 2.83. The molecule has 0 bridgehead atoms. The van der Waals surface area contributed by atoms with Gasteiger partial charge in [0.2, 0.25) is 11.8 Å². The van der Waals surface area contributed by atoms with Gasteiger partial charge in [0.15, 0.2) is 0 Å². The molecule has 0 aromatic carbocycles. The van der Waals surface area contributed by atoms with Crippen LogP contribution in [0.4, 0.5) is 0 Å². The minimum Gasteiger partial charge on any atom is -0.302 e. The molecule has 4 nitrogen and oxygen atoms in total. The van der Waals surface area contributed by atoms with Crippen molar-refractivity contribution in [2.45, 2.75) is 31.3 Å². The topological polar surface area (TPSA) is 49.4 Å². The Bertz CT molecular complexity index is 290. The molecule has 1 aliphatic heterocycles. The lowest BCUT2D eigenvalue weighted by Crippen LogP contribution is -2.42. The number of carbonyl (C=O) groups excluding carboxylic acids is 2. The lowest BCUT2D eigenvalue weighted by molar-refractivity contribution is -0.137. The first-order valence-corrected chi connectivity index (χ1v) is 4.90. The van der Waals surface area contributed by atoms with Crippen molar-refractivity contribution in [3.05, 3.63) is 12.2 Å². The smallest absolute Gasteiger partial charge is 0.246 e. The van der Waals surface area contributed by atoms with Gasteiger partial charge in [-0.2, -0.15) is 0 Å². The summed E-state index contributed by atoms with van der Waals surface area (Å²) in [6, 6.07) is 0.0423. The van der Waals surface area contributed by atoms with Crippen molar-refractivity contribution in [1.82, 2.24) is 10.2 Å². The molecule has 76 valence electrons. The molecular weight excluding hydrogens is 180 g/mol. The highest BCUT2D eigenvalue weighted by molar-refractivity contribution is 6.05. The summed E-state index contributed by atoms with van der Waals surface area (Å²) in [5, 5.41) is 3.21. The van der Waals surface area contributed by atoms with E-state index in [1.807, 2.05) is 0 Å². The zero-order chi connectivity index (χ0) is 10.1. The zero-order valence-corrected chi connectivity index (χ0v) is 8.19. The molecule has 1 unspecified atom stereocenters. The molecule has 0 spiro atoms. The maximum Gasteiger partial charge on any atom is 0.246 e. The fourth-order valence-corrected chi connectivity index (χ4v) is 1.92. The maximum absolute atomic E-state index is 11.5. The van der Waals surface area contributed by atoms with E-state index < -0.39 is 0 Å². The summed E-state index contributed by atoms with van der Waals surface area (Å²) < 4.78 is 0. The van der Waals surface area contributed by atoms with Gasteiger partial charge in [-0.05, 0) is 12.8 Å². The Morgan fingerprint density at radius 1 is 1.36 bits per heavy atom. The van der Waals surface area contributed by atoms with Crippen LogP contribution in [0.25, 0.3) is 0 Å². The van der Waals surface area contributed by atoms with Gasteiger partial charge in [-0.3, -0.25) is 14.5 Å². The van der Waals surface area contributed by atoms with E-state index in [1.165, 1.54) is 4.90 Å². The van der Waals surface area contributed by atoms with Crippen molar-refractivity contribution in [3.8, 4) is 0 Å². The summed E-state index contributed by atoms with van der Waals surface area (Å²) in [6.45, 7) is 0. The largest absolute Gasteiger partial charge is 0.302 e. The van der Waals surface area contributed by atoms with Crippen LogP contribution >= 0.6 is 0 Å². The number of hydrogen-bond donors (Lipinski definition) is 1. The van der Waals surface area contributed by atoms with E-state index in [1.54, 1.807) is 7.05 Å². The number of carbonyl (C=O) groups is 2. The summed E-state index contributed by atoms with van der Waals surface area (Å²) in [6.07, 6.45) is 6.43. The molecule has 1 N–H and O–H groups in total. The van der Waals surface area contributed by atoms with Gasteiger partial charge in [0.1, 0.15) is 0 Å². The molecule has 0 aromatic heterocycles. The van der Waals surface area contributed by atoms with E-state index in [-0.39, 0.29) is 17.9 Å². The number of imide groups is 1. The van der Waals surface area contributed by atoms with Crippen LogP contribution in [0.15, 0.2) is 12.2 Å². The molecule has 0 radical (unpaired) electrons. The molecule has 2 amide bonds. The second kappa shape index (κ2) is 3.53. The molecule has 0 saturated carbocycles. The number of amides is 2. The normalized spacial score (nSPS) is 28.1. The number of rotatable bonds is 2. The van der Waals surface area contributed by atoms with Crippen LogP contribution in [0, 0.1) is 0 Å². The Morgan fingerprint density at radius 2 is 2.00 bits per heavy atom. The Morgan fingerprint density at radius 3 is 2.50 bits per heavy atom. The van der Waals surface area contributed by atoms with Crippen molar-refractivity contribution in [1.29, 1.82) is 0 Å². The van der Waals surface area contributed by atoms with Gasteiger partial charge < -0.3 is 5.32 Å². The lowest BCUT2D eigenvalue weighted by atomic mass is 10.1. The molecule has 1 saturated heterocycles. The lowest BCUT2D eigenvalue weighted by Gasteiger charge is -2.16. The average molecular weight is 194 g/mol. The first-order chi connectivity index (χ1) is 6.68. The van der Waals surface area contributed by atoms with E-state index in [0.717, 1.165) is 12.8 Å². The van der Waals surface area contributed by atoms with Crippen molar-refractivity contribution in [2.75, 3.05) is 7.05 Å². The fraction of sp³-hybridized carbons (Fsp3) is 0.600. The number of hydrogen-bond acceptors (Lipinski definition) is 3. The van der Waals surface area contributed by atoms with Crippen LogP contribution in [0.3, 0.4) is 0 Å². The minimum atomic E-state index is -0.294. The molecule has 1 fully saturated rings. The standard InChI is InChI=1S/C10H14N2O2/c1-12-9(13)6-8(10(12)14)11-7-4-2-3-5-7/h2-3,7-8,11H,4-6H2,1H3. The average Bonchev–Trinajstić information content (AvgIpc) is 2.73. The van der Waals surface area contributed by atoms with Gasteiger partial charge in [-0.25, -0.2) is 0 Å². The Labute approximate surface area is 83.0 Å². The number of nitrogens with one attached hydrogen (secondary N) is 1. The SMILES string of the molecule is CN1C(=O)CC(NC2CC=CC2)C1=O. The van der Waals surface area contributed by atoms with E-state index in [2.05, 4.69) is 17.5 Å². The van der Waals surface area contributed by atoms with Crippen LogP contribution in [0.5, 0.6) is 0 Å². The Balaban J connectivity index is 1.93. The van der Waals surface area contributed by atoms with Gasteiger partial charge >= 0.3 is 0 Å². The molecule has 14 heavy (non-hydrogen) atoms. The second-order valence-corrected chi connectivity index (χ2v) is 3.85. The third kappa shape index (κ3) is 1.57. The maximum atomic E-state index is 11.5. The van der Waals surface area contributed by atoms with Crippen molar-refractivity contribution < 1.29 is 9.59 Å². The van der Waals surface area contributed by atoms with Crippen molar-refractivity contribution in [2.24, 2.45) is 0 Å². The van der Waals surface area contributed by atoms with Crippen LogP contribution in [-0.2, 0) is 9.59 Å². The predicted octanol–water partition coefficient (Wildman–Crippen LogP) is 0.0519. The molecule has 2 rings (SSSR count). The summed E-state index contributed by atoms with van der Waals surface area (Å²) in [5.74, 6) is -0.180. The quantitative estimate of drug-likeness (QED) is 0.499. The highest BCUT2D eigenvalue weighted by Crippen LogP contribution is 2.15. The Hall–Kier alpha value is -1.16. The van der Waals surface area contributed by atoms with E-state index in [0.29, 0.717) is 12.5 Å². The van der Waals surface area contributed by atoms with Crippen LogP contribution in [0.2, 0.25) is 0 Å². The van der Waals surface area contributed by atoms with Crippen molar-refractivity contribution in [3.63, 3.8) is 0 Å². The molecule has 2 aliphatic rings. The first-order valence-electron chi connectivity index (χ1n) is 4.90. The van der Waals surface area contributed by atoms with Crippen molar-refractivity contribution >= 4 is 11.8 Å². The predicted molar refractivity (Wildman–Crippen MR) is 51.5 cm³/mol. The Kier molecular flexibility index (Phi) is 2.37. The van der Waals surface area contributed by atoms with Gasteiger partial charge in [0, 0.05) is 13.1 Å². The zero-order valence-electron chi connectivity index (χ0n) is 8.19. The van der Waals surface area contributed by atoms with E-state index in [4.69, 9.17) is 0 Å². The number of likely N-dealkylation sites (N-methyl/N-ethyl adjacent to an activating group) is 1. The molecule has 1 atom stereocenters.